The van der Waals surface area contributed by atoms with Gasteiger partial charge < -0.3 is 0 Å². The Hall–Kier alpha value is -1.78. The van der Waals surface area contributed by atoms with Gasteiger partial charge in [0.2, 0.25) is 0 Å². The fraction of sp³-hybridized carbons (Fsp3) is 0.538. The number of aryl methyl sites for hydroxylation is 2. The van der Waals surface area contributed by atoms with E-state index in [0.717, 1.165) is 29.3 Å². The molecule has 2 heterocycles. The molecule has 2 aromatic rings. The van der Waals surface area contributed by atoms with Gasteiger partial charge in [0.1, 0.15) is 5.78 Å². The van der Waals surface area contributed by atoms with Gasteiger partial charge in [-0.05, 0) is 20.3 Å². The van der Waals surface area contributed by atoms with E-state index in [0.29, 0.717) is 12.2 Å². The molecule has 2 atom stereocenters. The van der Waals surface area contributed by atoms with Gasteiger partial charge in [-0.25, -0.2) is 9.50 Å². The van der Waals surface area contributed by atoms with Crippen LogP contribution >= 0.6 is 0 Å². The topological polar surface area (TPSA) is 60.2 Å². The number of fused-ring (bicyclic) bond motifs is 1. The van der Waals surface area contributed by atoms with Crippen LogP contribution in [0.25, 0.3) is 5.65 Å². The smallest absolute Gasteiger partial charge is 0.177 e. The fourth-order valence-corrected chi connectivity index (χ4v) is 2.37. The Morgan fingerprint density at radius 2 is 2.28 bits per heavy atom. The molecule has 0 amide bonds. The van der Waals surface area contributed by atoms with E-state index in [2.05, 4.69) is 15.1 Å². The molecule has 0 N–H and O–H groups in total. The molecule has 0 radical (unpaired) electrons. The van der Waals surface area contributed by atoms with E-state index in [1.54, 1.807) is 6.20 Å². The number of carbonyl (C=O) groups is 1. The third kappa shape index (κ3) is 1.62. The summed E-state index contributed by atoms with van der Waals surface area (Å²) in [6.07, 6.45) is 3.30. The highest BCUT2D eigenvalue weighted by molar-refractivity contribution is 5.84. The first-order chi connectivity index (χ1) is 8.61. The Bertz CT molecular complexity index is 592. The van der Waals surface area contributed by atoms with Crippen LogP contribution in [0.1, 0.15) is 42.9 Å². The normalized spacial score (nSPS) is 22.4. The molecule has 2 aromatic heterocycles. The van der Waals surface area contributed by atoms with Crippen LogP contribution in [0.4, 0.5) is 0 Å². The first-order valence-electron chi connectivity index (χ1n) is 6.33. The molecule has 5 nitrogen and oxygen atoms in total. The number of hydrogen-bond donors (Lipinski definition) is 0. The largest absolute Gasteiger partial charge is 0.299 e. The van der Waals surface area contributed by atoms with Crippen LogP contribution in [0.15, 0.2) is 6.20 Å². The summed E-state index contributed by atoms with van der Waals surface area (Å²) in [5.74, 6) is 1.48. The van der Waals surface area contributed by atoms with Crippen molar-refractivity contribution >= 4 is 11.4 Å². The van der Waals surface area contributed by atoms with Crippen molar-refractivity contribution in [3.8, 4) is 0 Å². The highest BCUT2D eigenvalue weighted by Crippen LogP contribution is 2.47. The van der Waals surface area contributed by atoms with Gasteiger partial charge in [0.05, 0.1) is 11.4 Å². The molecule has 1 saturated carbocycles. The second-order valence-electron chi connectivity index (χ2n) is 4.96. The van der Waals surface area contributed by atoms with E-state index in [1.807, 2.05) is 25.3 Å². The third-order valence-corrected chi connectivity index (χ3v) is 3.61. The summed E-state index contributed by atoms with van der Waals surface area (Å²) < 4.78 is 1.82. The van der Waals surface area contributed by atoms with Crippen molar-refractivity contribution in [2.45, 2.75) is 39.5 Å². The zero-order valence-corrected chi connectivity index (χ0v) is 10.8. The molecule has 2 unspecified atom stereocenters. The van der Waals surface area contributed by atoms with Gasteiger partial charge in [0, 0.05) is 24.5 Å². The van der Waals surface area contributed by atoms with Crippen LogP contribution in [0.2, 0.25) is 0 Å². The van der Waals surface area contributed by atoms with Gasteiger partial charge in [0.15, 0.2) is 11.5 Å². The number of carbonyl (C=O) groups excluding carboxylic acids is 1. The number of hydrogen-bond acceptors (Lipinski definition) is 4. The van der Waals surface area contributed by atoms with Crippen molar-refractivity contribution in [3.63, 3.8) is 0 Å². The molecule has 94 valence electrons. The Morgan fingerprint density at radius 3 is 2.94 bits per heavy atom. The minimum atomic E-state index is 0.140. The van der Waals surface area contributed by atoms with Crippen LogP contribution in [-0.4, -0.2) is 25.4 Å². The molecular formula is C13H16N4O. The predicted octanol–water partition coefficient (Wildman–Crippen LogP) is 1.82. The molecular weight excluding hydrogens is 228 g/mol. The highest BCUT2D eigenvalue weighted by atomic mass is 16.1. The van der Waals surface area contributed by atoms with Crippen molar-refractivity contribution < 1.29 is 4.79 Å². The van der Waals surface area contributed by atoms with E-state index in [1.165, 1.54) is 0 Å². The van der Waals surface area contributed by atoms with Gasteiger partial charge >= 0.3 is 0 Å². The Labute approximate surface area is 105 Å². The first-order valence-corrected chi connectivity index (χ1v) is 6.33. The second-order valence-corrected chi connectivity index (χ2v) is 4.96. The number of ketones is 1. The maximum Gasteiger partial charge on any atom is 0.177 e. The average Bonchev–Trinajstić information content (AvgIpc) is 3.04. The van der Waals surface area contributed by atoms with Crippen molar-refractivity contribution in [3.05, 3.63) is 23.4 Å². The summed E-state index contributed by atoms with van der Waals surface area (Å²) in [7, 11) is 0. The SMILES string of the molecule is CCC(=O)C1CC1c1nc2c(C)ncc(C)n2n1. The minimum Gasteiger partial charge on any atom is -0.299 e. The molecule has 0 aromatic carbocycles. The van der Waals surface area contributed by atoms with E-state index < -0.39 is 0 Å². The maximum atomic E-state index is 11.6. The Balaban J connectivity index is 1.98. The van der Waals surface area contributed by atoms with E-state index >= 15 is 0 Å². The standard InChI is InChI=1S/C13H16N4O/c1-4-11(18)9-5-10(9)12-15-13-8(3)14-6-7(2)17(13)16-12/h6,9-10H,4-5H2,1-3H3. The van der Waals surface area contributed by atoms with Crippen LogP contribution < -0.4 is 0 Å². The summed E-state index contributed by atoms with van der Waals surface area (Å²) in [5.41, 5.74) is 2.64. The summed E-state index contributed by atoms with van der Waals surface area (Å²) in [4.78, 5) is 20.5. The minimum absolute atomic E-state index is 0.140. The van der Waals surface area contributed by atoms with Crippen LogP contribution in [0.5, 0.6) is 0 Å². The summed E-state index contributed by atoms with van der Waals surface area (Å²) in [6.45, 7) is 5.79. The zero-order valence-electron chi connectivity index (χ0n) is 10.8. The lowest BCUT2D eigenvalue weighted by molar-refractivity contribution is -0.120. The summed E-state index contributed by atoms with van der Waals surface area (Å²) >= 11 is 0. The summed E-state index contributed by atoms with van der Waals surface area (Å²) in [6, 6.07) is 0. The molecule has 1 aliphatic rings. The lowest BCUT2D eigenvalue weighted by Crippen LogP contribution is -2.00. The Morgan fingerprint density at radius 1 is 1.50 bits per heavy atom. The van der Waals surface area contributed by atoms with E-state index in [9.17, 15) is 4.79 Å². The maximum absolute atomic E-state index is 11.6. The predicted molar refractivity (Wildman–Crippen MR) is 66.4 cm³/mol. The molecule has 3 rings (SSSR count). The van der Waals surface area contributed by atoms with Crippen molar-refractivity contribution in [2.75, 3.05) is 0 Å². The quantitative estimate of drug-likeness (QED) is 0.826. The summed E-state index contributed by atoms with van der Waals surface area (Å²) in [5, 5.41) is 4.52. The average molecular weight is 244 g/mol. The van der Waals surface area contributed by atoms with Gasteiger partial charge in [-0.3, -0.25) is 9.78 Å². The monoisotopic (exact) mass is 244 g/mol. The molecule has 0 bridgehead atoms. The lowest BCUT2D eigenvalue weighted by atomic mass is 10.2. The number of rotatable bonds is 3. The van der Waals surface area contributed by atoms with Crippen molar-refractivity contribution in [2.24, 2.45) is 5.92 Å². The van der Waals surface area contributed by atoms with Crippen LogP contribution in [0, 0.1) is 19.8 Å². The number of nitrogens with zero attached hydrogens (tertiary/aromatic N) is 4. The molecule has 1 aliphatic carbocycles. The molecule has 0 saturated heterocycles. The van der Waals surface area contributed by atoms with E-state index in [-0.39, 0.29) is 11.8 Å². The Kier molecular flexibility index (Phi) is 2.43. The van der Waals surface area contributed by atoms with Gasteiger partial charge in [-0.1, -0.05) is 6.92 Å². The third-order valence-electron chi connectivity index (χ3n) is 3.61. The van der Waals surface area contributed by atoms with Gasteiger partial charge in [0.25, 0.3) is 0 Å². The van der Waals surface area contributed by atoms with Crippen molar-refractivity contribution in [1.29, 1.82) is 0 Å². The molecule has 0 aliphatic heterocycles. The van der Waals surface area contributed by atoms with E-state index in [4.69, 9.17) is 0 Å². The molecule has 5 heteroatoms. The second kappa shape index (κ2) is 3.86. The zero-order chi connectivity index (χ0) is 12.9. The van der Waals surface area contributed by atoms with Gasteiger partial charge in [-0.2, -0.15) is 5.10 Å². The molecule has 1 fully saturated rings. The first kappa shape index (κ1) is 11.3. The van der Waals surface area contributed by atoms with Crippen LogP contribution in [0.3, 0.4) is 0 Å². The highest BCUT2D eigenvalue weighted by Gasteiger charge is 2.45. The number of aromatic nitrogens is 4. The lowest BCUT2D eigenvalue weighted by Gasteiger charge is -1.97. The fourth-order valence-electron chi connectivity index (χ4n) is 2.37. The van der Waals surface area contributed by atoms with Crippen molar-refractivity contribution in [1.82, 2.24) is 19.6 Å². The molecule has 0 spiro atoms. The molecule has 18 heavy (non-hydrogen) atoms. The van der Waals surface area contributed by atoms with Gasteiger partial charge in [-0.15, -0.1) is 0 Å². The number of Topliss-reactive ketones (excluding diaryl/α,β-unsaturated/α-hetero) is 1. The van der Waals surface area contributed by atoms with Crippen LogP contribution in [-0.2, 0) is 4.79 Å².